The molecule has 0 aliphatic heterocycles. The lowest BCUT2D eigenvalue weighted by Gasteiger charge is -2.05. The summed E-state index contributed by atoms with van der Waals surface area (Å²) in [5.74, 6) is 0.216. The third kappa shape index (κ3) is 5.70. The van der Waals surface area contributed by atoms with E-state index in [2.05, 4.69) is 15.5 Å². The molecule has 0 atom stereocenters. The van der Waals surface area contributed by atoms with Crippen LogP contribution in [-0.4, -0.2) is 21.9 Å². The molecule has 0 saturated heterocycles. The molecular weight excluding hydrogens is 393 g/mol. The van der Waals surface area contributed by atoms with E-state index in [0.717, 1.165) is 17.3 Å². The van der Waals surface area contributed by atoms with E-state index in [1.54, 1.807) is 0 Å². The molecule has 3 aromatic rings. The number of benzene rings is 2. The molecule has 0 aliphatic rings. The number of carbonyl (C=O) groups excluding carboxylic acids is 1. The lowest BCUT2D eigenvalue weighted by Crippen LogP contribution is -2.14. The van der Waals surface area contributed by atoms with Gasteiger partial charge in [0.25, 0.3) is 11.1 Å². The van der Waals surface area contributed by atoms with Crippen molar-refractivity contribution >= 4 is 35.0 Å². The van der Waals surface area contributed by atoms with Crippen LogP contribution in [0.4, 0.5) is 10.1 Å². The van der Waals surface area contributed by atoms with E-state index in [-0.39, 0.29) is 28.5 Å². The van der Waals surface area contributed by atoms with E-state index in [0.29, 0.717) is 17.3 Å². The van der Waals surface area contributed by atoms with Crippen LogP contribution in [0.5, 0.6) is 5.75 Å². The van der Waals surface area contributed by atoms with E-state index < -0.39 is 5.82 Å². The van der Waals surface area contributed by atoms with Crippen LogP contribution in [0, 0.1) is 12.7 Å². The number of hydrogen-bond acceptors (Lipinski definition) is 6. The Morgan fingerprint density at radius 2 is 2.15 bits per heavy atom. The molecule has 3 rings (SSSR count). The van der Waals surface area contributed by atoms with Crippen molar-refractivity contribution in [2.24, 2.45) is 0 Å². The first-order chi connectivity index (χ1) is 13.0. The smallest absolute Gasteiger partial charge is 0.277 e. The molecular formula is C18H15ClFN3O3S. The second-order valence-electron chi connectivity index (χ2n) is 5.53. The minimum Gasteiger partial charge on any atom is -0.484 e. The average Bonchev–Trinajstić information content (AvgIpc) is 3.09. The lowest BCUT2D eigenvalue weighted by atomic mass is 10.2. The Morgan fingerprint density at radius 3 is 2.93 bits per heavy atom. The zero-order valence-electron chi connectivity index (χ0n) is 14.2. The predicted octanol–water partition coefficient (Wildman–Crippen LogP) is 4.48. The Hall–Kier alpha value is -2.58. The third-order valence-corrected chi connectivity index (χ3v) is 4.44. The van der Waals surface area contributed by atoms with Gasteiger partial charge in [-0.3, -0.25) is 4.79 Å². The summed E-state index contributed by atoms with van der Waals surface area (Å²) in [5.41, 5.74) is 1.49. The van der Waals surface area contributed by atoms with Crippen molar-refractivity contribution in [3.63, 3.8) is 0 Å². The van der Waals surface area contributed by atoms with Crippen LogP contribution in [0.2, 0.25) is 5.02 Å². The van der Waals surface area contributed by atoms with Gasteiger partial charge in [-0.25, -0.2) is 4.39 Å². The zero-order valence-corrected chi connectivity index (χ0v) is 15.8. The van der Waals surface area contributed by atoms with Crippen LogP contribution in [-0.2, 0) is 11.4 Å². The van der Waals surface area contributed by atoms with Crippen molar-refractivity contribution in [1.29, 1.82) is 0 Å². The van der Waals surface area contributed by atoms with E-state index in [4.69, 9.17) is 20.8 Å². The number of amides is 1. The Kier molecular flexibility index (Phi) is 6.31. The highest BCUT2D eigenvalue weighted by Gasteiger charge is 2.11. The Balaban J connectivity index is 1.47. The number of carbonyl (C=O) groups is 1. The molecule has 0 bridgehead atoms. The quantitative estimate of drug-likeness (QED) is 0.582. The fourth-order valence-corrected chi connectivity index (χ4v) is 2.86. The number of aromatic nitrogens is 2. The van der Waals surface area contributed by atoms with Gasteiger partial charge < -0.3 is 14.5 Å². The first-order valence-electron chi connectivity index (χ1n) is 7.89. The maximum Gasteiger partial charge on any atom is 0.277 e. The maximum absolute atomic E-state index is 13.1. The summed E-state index contributed by atoms with van der Waals surface area (Å²) in [6.07, 6.45) is 0. The molecule has 1 heterocycles. The second-order valence-corrected chi connectivity index (χ2v) is 6.87. The van der Waals surface area contributed by atoms with E-state index in [1.807, 2.05) is 31.2 Å². The lowest BCUT2D eigenvalue weighted by molar-refractivity contribution is -0.113. The van der Waals surface area contributed by atoms with Gasteiger partial charge in [-0.1, -0.05) is 35.5 Å². The van der Waals surface area contributed by atoms with Crippen molar-refractivity contribution in [3.05, 3.63) is 64.8 Å². The molecule has 0 aliphatic carbocycles. The van der Waals surface area contributed by atoms with Crippen molar-refractivity contribution < 1.29 is 18.3 Å². The van der Waals surface area contributed by atoms with Gasteiger partial charge in [0.05, 0.1) is 10.8 Å². The summed E-state index contributed by atoms with van der Waals surface area (Å²) in [6, 6.07) is 11.6. The highest BCUT2D eigenvalue weighted by Crippen LogP contribution is 2.21. The van der Waals surface area contributed by atoms with Crippen LogP contribution in [0.3, 0.4) is 0 Å². The largest absolute Gasteiger partial charge is 0.484 e. The highest BCUT2D eigenvalue weighted by atomic mass is 35.5. The van der Waals surface area contributed by atoms with Gasteiger partial charge in [-0.05, 0) is 42.8 Å². The molecule has 1 amide bonds. The van der Waals surface area contributed by atoms with Gasteiger partial charge in [0.15, 0.2) is 6.61 Å². The molecule has 9 heteroatoms. The first-order valence-corrected chi connectivity index (χ1v) is 9.25. The number of aryl methyl sites for hydroxylation is 1. The van der Waals surface area contributed by atoms with E-state index >= 15 is 0 Å². The van der Waals surface area contributed by atoms with Crippen molar-refractivity contribution in [1.82, 2.24) is 10.2 Å². The number of rotatable bonds is 7. The molecule has 0 fully saturated rings. The molecule has 2 aromatic carbocycles. The fourth-order valence-electron chi connectivity index (χ4n) is 2.10. The molecule has 1 aromatic heterocycles. The Bertz CT molecular complexity index is 951. The zero-order chi connectivity index (χ0) is 19.2. The fraction of sp³-hybridized carbons (Fsp3) is 0.167. The van der Waals surface area contributed by atoms with E-state index in [1.165, 1.54) is 18.2 Å². The summed E-state index contributed by atoms with van der Waals surface area (Å²) in [7, 11) is 0. The number of ether oxygens (including phenoxy) is 1. The Labute approximate surface area is 164 Å². The van der Waals surface area contributed by atoms with Crippen molar-refractivity contribution in [3.8, 4) is 5.75 Å². The van der Waals surface area contributed by atoms with Gasteiger partial charge >= 0.3 is 0 Å². The van der Waals surface area contributed by atoms with E-state index in [9.17, 15) is 9.18 Å². The average molecular weight is 408 g/mol. The number of nitrogens with zero attached hydrogens (tertiary/aromatic N) is 2. The molecule has 0 spiro atoms. The standard InChI is InChI=1S/C18H15ClFN3O3S/c1-11-3-2-4-13(7-11)25-9-17-22-23-18(26-17)27-10-16(24)21-12-5-6-15(20)14(19)8-12/h2-8H,9-10H2,1H3,(H,21,24). The molecule has 27 heavy (non-hydrogen) atoms. The number of nitrogens with one attached hydrogen (secondary N) is 1. The van der Waals surface area contributed by atoms with Crippen molar-refractivity contribution in [2.75, 3.05) is 11.1 Å². The molecule has 140 valence electrons. The van der Waals surface area contributed by atoms with Crippen LogP contribution >= 0.6 is 23.4 Å². The Morgan fingerprint density at radius 1 is 1.30 bits per heavy atom. The summed E-state index contributed by atoms with van der Waals surface area (Å²) in [6.45, 7) is 2.11. The maximum atomic E-state index is 13.1. The van der Waals surface area contributed by atoms with Crippen LogP contribution in [0.1, 0.15) is 11.5 Å². The van der Waals surface area contributed by atoms with Gasteiger partial charge in [0.2, 0.25) is 5.91 Å². The minimum absolute atomic E-state index is 0.0510. The van der Waals surface area contributed by atoms with Crippen LogP contribution < -0.4 is 10.1 Å². The predicted molar refractivity (Wildman–Crippen MR) is 101 cm³/mol. The molecule has 0 radical (unpaired) electrons. The summed E-state index contributed by atoms with van der Waals surface area (Å²) >= 11 is 6.76. The second kappa shape index (κ2) is 8.88. The van der Waals surface area contributed by atoms with Gasteiger partial charge in [-0.15, -0.1) is 10.2 Å². The summed E-state index contributed by atoms with van der Waals surface area (Å²) in [4.78, 5) is 11.9. The first kappa shape index (κ1) is 19.2. The summed E-state index contributed by atoms with van der Waals surface area (Å²) < 4.78 is 24.1. The molecule has 0 saturated carbocycles. The monoisotopic (exact) mass is 407 g/mol. The SMILES string of the molecule is Cc1cccc(OCc2nnc(SCC(=O)Nc3ccc(F)c(Cl)c3)o2)c1. The third-order valence-electron chi connectivity index (χ3n) is 3.33. The van der Waals surface area contributed by atoms with Crippen LogP contribution in [0.25, 0.3) is 0 Å². The molecule has 0 unspecified atom stereocenters. The molecule has 1 N–H and O–H groups in total. The van der Waals surface area contributed by atoms with Crippen LogP contribution in [0.15, 0.2) is 52.1 Å². The highest BCUT2D eigenvalue weighted by molar-refractivity contribution is 7.99. The number of halogens is 2. The topological polar surface area (TPSA) is 77.2 Å². The van der Waals surface area contributed by atoms with Gasteiger partial charge in [-0.2, -0.15) is 0 Å². The summed E-state index contributed by atoms with van der Waals surface area (Å²) in [5, 5.41) is 10.6. The number of thioether (sulfide) groups is 1. The minimum atomic E-state index is -0.546. The normalized spacial score (nSPS) is 10.6. The van der Waals surface area contributed by atoms with Gasteiger partial charge in [0.1, 0.15) is 11.6 Å². The van der Waals surface area contributed by atoms with Gasteiger partial charge in [0, 0.05) is 5.69 Å². The van der Waals surface area contributed by atoms with Crippen molar-refractivity contribution in [2.45, 2.75) is 18.8 Å². The molecule has 6 nitrogen and oxygen atoms in total. The number of anilines is 1. The number of hydrogen-bond donors (Lipinski definition) is 1.